The van der Waals surface area contributed by atoms with Crippen molar-refractivity contribution in [2.45, 2.75) is 70.3 Å². The van der Waals surface area contributed by atoms with Crippen LogP contribution in [0.4, 0.5) is 0 Å². The Bertz CT molecular complexity index is 280. The van der Waals surface area contributed by atoms with Crippen molar-refractivity contribution in [3.8, 4) is 0 Å². The molecule has 0 spiro atoms. The molecule has 2 aliphatic heterocycles. The third-order valence-corrected chi connectivity index (χ3v) is 3.78. The largest absolute Gasteiger partial charge is 0.393 e. The van der Waals surface area contributed by atoms with Gasteiger partial charge in [0.05, 0.1) is 12.2 Å². The van der Waals surface area contributed by atoms with Gasteiger partial charge in [-0.05, 0) is 46.0 Å². The third-order valence-electron chi connectivity index (χ3n) is 3.78. The molecular weight excluding hydrogens is 218 g/mol. The van der Waals surface area contributed by atoms with Gasteiger partial charge in [0.25, 0.3) is 5.91 Å². The molecule has 1 N–H and O–H groups in total. The predicted octanol–water partition coefficient (Wildman–Crippen LogP) is 1.32. The number of hydrogen-bond acceptors (Lipinski definition) is 3. The van der Waals surface area contributed by atoms with E-state index in [2.05, 4.69) is 0 Å². The summed E-state index contributed by atoms with van der Waals surface area (Å²) >= 11 is 0. The van der Waals surface area contributed by atoms with Crippen LogP contribution in [-0.2, 0) is 9.53 Å². The summed E-state index contributed by atoms with van der Waals surface area (Å²) in [7, 11) is 0. The summed E-state index contributed by atoms with van der Waals surface area (Å²) in [6, 6.07) is 0.210. The van der Waals surface area contributed by atoms with Crippen LogP contribution in [-0.4, -0.2) is 46.8 Å². The number of rotatable bonds is 3. The van der Waals surface area contributed by atoms with E-state index in [-0.39, 0.29) is 30.3 Å². The molecule has 4 atom stereocenters. The molecule has 98 valence electrons. The van der Waals surface area contributed by atoms with Gasteiger partial charge in [0, 0.05) is 12.6 Å². The molecule has 0 radical (unpaired) electrons. The Balaban J connectivity index is 1.93. The maximum absolute atomic E-state index is 12.3. The molecule has 0 bridgehead atoms. The van der Waals surface area contributed by atoms with Gasteiger partial charge in [0.2, 0.25) is 0 Å². The highest BCUT2D eigenvalue weighted by molar-refractivity contribution is 5.81. The fraction of sp³-hybridized carbons (Fsp3) is 0.923. The number of likely N-dealkylation sites (tertiary alicyclic amines) is 1. The lowest BCUT2D eigenvalue weighted by Gasteiger charge is -2.28. The van der Waals surface area contributed by atoms with E-state index in [0.29, 0.717) is 6.42 Å². The minimum atomic E-state index is -0.336. The van der Waals surface area contributed by atoms with Crippen LogP contribution in [0.1, 0.15) is 46.0 Å². The summed E-state index contributed by atoms with van der Waals surface area (Å²) in [5.41, 5.74) is 0. The van der Waals surface area contributed by atoms with Gasteiger partial charge in [-0.15, -0.1) is 0 Å². The highest BCUT2D eigenvalue weighted by Gasteiger charge is 2.36. The van der Waals surface area contributed by atoms with Crippen molar-refractivity contribution in [3.05, 3.63) is 0 Å². The number of amides is 1. The third kappa shape index (κ3) is 2.99. The van der Waals surface area contributed by atoms with E-state index >= 15 is 0 Å². The molecule has 2 heterocycles. The molecule has 0 aromatic carbocycles. The molecule has 4 unspecified atom stereocenters. The minimum absolute atomic E-state index is 0.137. The maximum atomic E-state index is 12.3. The van der Waals surface area contributed by atoms with E-state index in [1.807, 2.05) is 11.8 Å². The SMILES string of the molecule is CC(O)CC1CCCN1C(=O)C1CCC(C)O1. The first-order chi connectivity index (χ1) is 8.08. The Morgan fingerprint density at radius 2 is 2.24 bits per heavy atom. The van der Waals surface area contributed by atoms with Crippen LogP contribution in [0.5, 0.6) is 0 Å². The van der Waals surface area contributed by atoms with Crippen LogP contribution >= 0.6 is 0 Å². The molecule has 0 saturated carbocycles. The average molecular weight is 241 g/mol. The number of aliphatic hydroxyl groups excluding tert-OH is 1. The second kappa shape index (κ2) is 5.36. The molecule has 2 fully saturated rings. The molecule has 0 aromatic rings. The molecule has 2 rings (SSSR count). The van der Waals surface area contributed by atoms with Crippen LogP contribution < -0.4 is 0 Å². The van der Waals surface area contributed by atoms with Crippen molar-refractivity contribution in [1.82, 2.24) is 4.90 Å². The first-order valence-corrected chi connectivity index (χ1v) is 6.72. The van der Waals surface area contributed by atoms with Crippen LogP contribution in [0.15, 0.2) is 0 Å². The predicted molar refractivity (Wildman–Crippen MR) is 64.6 cm³/mol. The molecule has 1 amide bonds. The van der Waals surface area contributed by atoms with E-state index in [9.17, 15) is 9.90 Å². The molecular formula is C13H23NO3. The normalized spacial score (nSPS) is 35.2. The quantitative estimate of drug-likeness (QED) is 0.810. The highest BCUT2D eigenvalue weighted by atomic mass is 16.5. The van der Waals surface area contributed by atoms with E-state index < -0.39 is 0 Å². The van der Waals surface area contributed by atoms with E-state index in [0.717, 1.165) is 32.2 Å². The summed E-state index contributed by atoms with van der Waals surface area (Å²) < 4.78 is 5.64. The zero-order chi connectivity index (χ0) is 12.4. The summed E-state index contributed by atoms with van der Waals surface area (Å²) in [5, 5.41) is 9.45. The van der Waals surface area contributed by atoms with Gasteiger partial charge in [0.1, 0.15) is 6.10 Å². The first-order valence-electron chi connectivity index (χ1n) is 6.72. The highest BCUT2D eigenvalue weighted by Crippen LogP contribution is 2.27. The van der Waals surface area contributed by atoms with Crippen LogP contribution in [0.2, 0.25) is 0 Å². The molecule has 0 aliphatic carbocycles. The van der Waals surface area contributed by atoms with Gasteiger partial charge in [-0.1, -0.05) is 0 Å². The molecule has 0 aromatic heterocycles. The summed E-state index contributed by atoms with van der Waals surface area (Å²) in [4.78, 5) is 14.2. The standard InChI is InChI=1S/C13H23NO3/c1-9(15)8-11-4-3-7-14(11)13(16)12-6-5-10(2)17-12/h9-12,15H,3-8H2,1-2H3. The van der Waals surface area contributed by atoms with Crippen molar-refractivity contribution >= 4 is 5.91 Å². The summed E-state index contributed by atoms with van der Waals surface area (Å²) in [6.45, 7) is 4.63. The fourth-order valence-corrected chi connectivity index (χ4v) is 2.93. The topological polar surface area (TPSA) is 49.8 Å². The maximum Gasteiger partial charge on any atom is 0.251 e. The number of ether oxygens (including phenoxy) is 1. The lowest BCUT2D eigenvalue weighted by molar-refractivity contribution is -0.143. The Labute approximate surface area is 103 Å². The number of aliphatic hydroxyl groups is 1. The van der Waals surface area contributed by atoms with Crippen molar-refractivity contribution in [2.24, 2.45) is 0 Å². The van der Waals surface area contributed by atoms with Gasteiger partial charge < -0.3 is 14.7 Å². The number of carbonyl (C=O) groups is 1. The van der Waals surface area contributed by atoms with Crippen LogP contribution in [0.3, 0.4) is 0 Å². The Hall–Kier alpha value is -0.610. The molecule has 4 heteroatoms. The first kappa shape index (κ1) is 12.8. The van der Waals surface area contributed by atoms with Gasteiger partial charge in [0.15, 0.2) is 0 Å². The van der Waals surface area contributed by atoms with E-state index in [4.69, 9.17) is 4.74 Å². The van der Waals surface area contributed by atoms with Gasteiger partial charge in [-0.3, -0.25) is 4.79 Å². The minimum Gasteiger partial charge on any atom is -0.393 e. The van der Waals surface area contributed by atoms with Crippen molar-refractivity contribution in [1.29, 1.82) is 0 Å². The number of nitrogens with zero attached hydrogens (tertiary/aromatic N) is 1. The average Bonchev–Trinajstić information content (AvgIpc) is 2.85. The van der Waals surface area contributed by atoms with Crippen LogP contribution in [0.25, 0.3) is 0 Å². The smallest absolute Gasteiger partial charge is 0.251 e. The van der Waals surface area contributed by atoms with Crippen molar-refractivity contribution in [2.75, 3.05) is 6.54 Å². The summed E-state index contributed by atoms with van der Waals surface area (Å²) in [5.74, 6) is 0.137. The van der Waals surface area contributed by atoms with E-state index in [1.165, 1.54) is 0 Å². The van der Waals surface area contributed by atoms with E-state index in [1.54, 1.807) is 6.92 Å². The Kier molecular flexibility index (Phi) is 4.05. The zero-order valence-corrected chi connectivity index (χ0v) is 10.8. The van der Waals surface area contributed by atoms with Crippen LogP contribution in [0, 0.1) is 0 Å². The monoisotopic (exact) mass is 241 g/mol. The van der Waals surface area contributed by atoms with Gasteiger partial charge in [-0.25, -0.2) is 0 Å². The molecule has 4 nitrogen and oxygen atoms in total. The van der Waals surface area contributed by atoms with Crippen molar-refractivity contribution in [3.63, 3.8) is 0 Å². The zero-order valence-electron chi connectivity index (χ0n) is 10.8. The second-order valence-electron chi connectivity index (χ2n) is 5.43. The molecule has 2 saturated heterocycles. The Morgan fingerprint density at radius 3 is 2.82 bits per heavy atom. The van der Waals surface area contributed by atoms with Crippen molar-refractivity contribution < 1.29 is 14.6 Å². The lowest BCUT2D eigenvalue weighted by Crippen LogP contribution is -2.43. The molecule has 2 aliphatic rings. The Morgan fingerprint density at radius 1 is 1.47 bits per heavy atom. The fourth-order valence-electron chi connectivity index (χ4n) is 2.93. The number of carbonyl (C=O) groups excluding carboxylic acids is 1. The second-order valence-corrected chi connectivity index (χ2v) is 5.43. The van der Waals surface area contributed by atoms with Gasteiger partial charge in [-0.2, -0.15) is 0 Å². The van der Waals surface area contributed by atoms with Gasteiger partial charge >= 0.3 is 0 Å². The lowest BCUT2D eigenvalue weighted by atomic mass is 10.1. The molecule has 17 heavy (non-hydrogen) atoms. The summed E-state index contributed by atoms with van der Waals surface area (Å²) in [6.07, 6.45) is 4.21. The number of hydrogen-bond donors (Lipinski definition) is 1.